The first-order valence-corrected chi connectivity index (χ1v) is 12.2. The Kier molecular flexibility index (Phi) is 7.97. The molecule has 4 N–H and O–H groups in total. The van der Waals surface area contributed by atoms with Crippen molar-refractivity contribution in [3.8, 4) is 11.3 Å². The van der Waals surface area contributed by atoms with Crippen LogP contribution in [-0.4, -0.2) is 79.7 Å². The molecular formula is C24H19F11N6O3. The number of carbonyl (C=O) groups is 2. The molecular weight excluding hydrogens is 629 g/mol. The number of benzene rings is 1. The SMILES string of the molecule is Cc1ccc(-c2cc(C(F)(F)F)c3c(N)ncnn23)c(F)c1C(=O)N[C@@H]1CN(C(=O)CC(O)(C(F)(F)F)C(F)(F)F)C[C@@H]1F. The maximum Gasteiger partial charge on any atom is 0.426 e. The molecule has 2 amide bonds. The van der Waals surface area contributed by atoms with Gasteiger partial charge in [0, 0.05) is 12.1 Å². The van der Waals surface area contributed by atoms with Crippen LogP contribution in [-0.2, 0) is 11.0 Å². The molecule has 3 aromatic rings. The number of alkyl halides is 10. The second kappa shape index (κ2) is 10.7. The molecule has 4 rings (SSSR count). The Balaban J connectivity index is 1.62. The van der Waals surface area contributed by atoms with Crippen molar-refractivity contribution in [1.29, 1.82) is 0 Å². The smallest absolute Gasteiger partial charge is 0.382 e. The number of carbonyl (C=O) groups excluding carboxylic acids is 2. The number of nitrogen functional groups attached to an aromatic ring is 1. The van der Waals surface area contributed by atoms with Crippen molar-refractivity contribution in [2.24, 2.45) is 0 Å². The summed E-state index contributed by atoms with van der Waals surface area (Å²) in [7, 11) is 0. The van der Waals surface area contributed by atoms with Crippen LogP contribution in [0.3, 0.4) is 0 Å². The van der Waals surface area contributed by atoms with Crippen LogP contribution in [0.1, 0.15) is 27.9 Å². The molecule has 20 heteroatoms. The number of anilines is 1. The highest BCUT2D eigenvalue weighted by Crippen LogP contribution is 2.46. The van der Waals surface area contributed by atoms with Crippen molar-refractivity contribution in [2.45, 2.75) is 49.7 Å². The van der Waals surface area contributed by atoms with Crippen LogP contribution in [0.5, 0.6) is 0 Å². The Morgan fingerprint density at radius 1 is 1.07 bits per heavy atom. The molecule has 0 bridgehead atoms. The lowest BCUT2D eigenvalue weighted by Crippen LogP contribution is -2.59. The van der Waals surface area contributed by atoms with Gasteiger partial charge < -0.3 is 21.1 Å². The predicted molar refractivity (Wildman–Crippen MR) is 127 cm³/mol. The molecule has 0 unspecified atom stereocenters. The Labute approximate surface area is 238 Å². The standard InChI is InChI=1S/C24H19F11N6O3/c1-9-2-3-10(14-4-11(22(27,28)29)18-19(36)37-8-38-41(14)18)17(26)16(9)20(43)39-13-7-40(6-12(13)25)15(42)5-21(44,23(30,31)32)24(33,34)35/h2-4,8,12-13,44H,5-7H2,1H3,(H,39,43)(H2,36,37,38)/t12-,13+/m0/s1. The summed E-state index contributed by atoms with van der Waals surface area (Å²) in [6.07, 6.45) is -21.6. The number of rotatable bonds is 5. The molecule has 0 aliphatic carbocycles. The maximum atomic E-state index is 15.8. The molecule has 3 heterocycles. The second-order valence-corrected chi connectivity index (χ2v) is 9.89. The van der Waals surface area contributed by atoms with Crippen LogP contribution in [0.2, 0.25) is 0 Å². The van der Waals surface area contributed by atoms with E-state index in [1.165, 1.54) is 6.92 Å². The lowest BCUT2D eigenvalue weighted by atomic mass is 9.97. The fraction of sp³-hybridized carbons (Fsp3) is 0.417. The van der Waals surface area contributed by atoms with Crippen LogP contribution >= 0.6 is 0 Å². The van der Waals surface area contributed by atoms with Gasteiger partial charge in [0.15, 0.2) is 5.82 Å². The highest BCUT2D eigenvalue weighted by Gasteiger charge is 2.71. The normalized spacial score (nSPS) is 18.2. The van der Waals surface area contributed by atoms with E-state index in [0.29, 0.717) is 10.6 Å². The Morgan fingerprint density at radius 3 is 2.25 bits per heavy atom. The predicted octanol–water partition coefficient (Wildman–Crippen LogP) is 3.97. The molecule has 0 radical (unpaired) electrons. The van der Waals surface area contributed by atoms with Gasteiger partial charge in [0.1, 0.15) is 23.8 Å². The average Bonchev–Trinajstić information content (AvgIpc) is 3.44. The number of nitrogens with one attached hydrogen (secondary N) is 1. The van der Waals surface area contributed by atoms with Crippen molar-refractivity contribution in [3.05, 3.63) is 47.0 Å². The third-order valence-corrected chi connectivity index (χ3v) is 7.00. The van der Waals surface area contributed by atoms with Gasteiger partial charge in [-0.2, -0.15) is 44.6 Å². The fourth-order valence-corrected chi connectivity index (χ4v) is 4.66. The average molecular weight is 648 g/mol. The number of halogens is 11. The van der Waals surface area contributed by atoms with Crippen LogP contribution in [0.25, 0.3) is 16.8 Å². The molecule has 240 valence electrons. The summed E-state index contributed by atoms with van der Waals surface area (Å²) in [6.45, 7) is -0.813. The summed E-state index contributed by atoms with van der Waals surface area (Å²) < 4.78 is 150. The number of hydrogen-bond donors (Lipinski definition) is 3. The zero-order valence-electron chi connectivity index (χ0n) is 21.9. The van der Waals surface area contributed by atoms with E-state index < -0.39 is 107 Å². The summed E-state index contributed by atoms with van der Waals surface area (Å²) in [6, 6.07) is 0.920. The van der Waals surface area contributed by atoms with Crippen molar-refractivity contribution >= 4 is 23.1 Å². The molecule has 0 spiro atoms. The van der Waals surface area contributed by atoms with E-state index in [0.717, 1.165) is 18.5 Å². The first-order valence-electron chi connectivity index (χ1n) is 12.2. The lowest BCUT2D eigenvalue weighted by Gasteiger charge is -2.32. The number of aryl methyl sites for hydroxylation is 1. The molecule has 1 aliphatic rings. The van der Waals surface area contributed by atoms with Gasteiger partial charge in [0.25, 0.3) is 11.5 Å². The van der Waals surface area contributed by atoms with Gasteiger partial charge in [-0.05, 0) is 24.6 Å². The number of hydrogen-bond acceptors (Lipinski definition) is 6. The Hall–Kier alpha value is -4.23. The van der Waals surface area contributed by atoms with E-state index in [2.05, 4.69) is 10.1 Å². The Morgan fingerprint density at radius 2 is 1.68 bits per heavy atom. The number of aromatic nitrogens is 3. The largest absolute Gasteiger partial charge is 0.426 e. The minimum absolute atomic E-state index is 0.100. The number of amides is 2. The summed E-state index contributed by atoms with van der Waals surface area (Å²) in [5, 5.41) is 14.9. The van der Waals surface area contributed by atoms with Crippen molar-refractivity contribution in [2.75, 3.05) is 18.8 Å². The number of nitrogens with two attached hydrogens (primary N) is 1. The number of nitrogens with zero attached hydrogens (tertiary/aromatic N) is 4. The molecule has 1 aliphatic heterocycles. The van der Waals surface area contributed by atoms with Crippen molar-refractivity contribution < 1.29 is 63.0 Å². The molecule has 44 heavy (non-hydrogen) atoms. The van der Waals surface area contributed by atoms with E-state index in [-0.39, 0.29) is 10.5 Å². The van der Waals surface area contributed by atoms with Crippen LogP contribution in [0.15, 0.2) is 24.5 Å². The molecule has 9 nitrogen and oxygen atoms in total. The molecule has 2 atom stereocenters. The number of likely N-dealkylation sites (tertiary alicyclic amines) is 1. The van der Waals surface area contributed by atoms with Gasteiger partial charge in [-0.15, -0.1) is 0 Å². The van der Waals surface area contributed by atoms with Crippen molar-refractivity contribution in [3.63, 3.8) is 0 Å². The monoisotopic (exact) mass is 648 g/mol. The highest BCUT2D eigenvalue weighted by molar-refractivity contribution is 5.98. The zero-order chi connectivity index (χ0) is 33.2. The van der Waals surface area contributed by atoms with Gasteiger partial charge in [-0.25, -0.2) is 18.3 Å². The lowest BCUT2D eigenvalue weighted by molar-refractivity contribution is -0.367. The first-order chi connectivity index (χ1) is 20.1. The minimum Gasteiger partial charge on any atom is -0.382 e. The molecule has 1 aromatic carbocycles. The van der Waals surface area contributed by atoms with E-state index in [9.17, 15) is 58.6 Å². The summed E-state index contributed by atoms with van der Waals surface area (Å²) in [5.74, 6) is -5.29. The van der Waals surface area contributed by atoms with Crippen LogP contribution in [0, 0.1) is 12.7 Å². The quantitative estimate of drug-likeness (QED) is 0.360. The van der Waals surface area contributed by atoms with Gasteiger partial charge in [-0.1, -0.05) is 6.07 Å². The highest BCUT2D eigenvalue weighted by atomic mass is 19.4. The summed E-state index contributed by atoms with van der Waals surface area (Å²) in [5.41, 5.74) is -3.87. The molecule has 1 saturated heterocycles. The third-order valence-electron chi connectivity index (χ3n) is 7.00. The topological polar surface area (TPSA) is 126 Å². The van der Waals surface area contributed by atoms with E-state index >= 15 is 4.39 Å². The van der Waals surface area contributed by atoms with Crippen molar-refractivity contribution in [1.82, 2.24) is 24.8 Å². The van der Waals surface area contributed by atoms with Crippen LogP contribution in [0.4, 0.5) is 54.1 Å². The minimum atomic E-state index is -6.31. The fourth-order valence-electron chi connectivity index (χ4n) is 4.66. The molecule has 0 saturated carbocycles. The van der Waals surface area contributed by atoms with E-state index in [1.807, 2.05) is 5.32 Å². The Bertz CT molecular complexity index is 1600. The molecule has 1 fully saturated rings. The summed E-state index contributed by atoms with van der Waals surface area (Å²) >= 11 is 0. The molecule has 2 aromatic heterocycles. The number of aliphatic hydroxyl groups is 1. The zero-order valence-corrected chi connectivity index (χ0v) is 21.9. The second-order valence-electron chi connectivity index (χ2n) is 9.89. The first kappa shape index (κ1) is 32.7. The number of fused-ring (bicyclic) bond motifs is 1. The van der Waals surface area contributed by atoms with Crippen LogP contribution < -0.4 is 11.1 Å². The van der Waals surface area contributed by atoms with Gasteiger partial charge >= 0.3 is 18.5 Å². The summed E-state index contributed by atoms with van der Waals surface area (Å²) in [4.78, 5) is 29.0. The third kappa shape index (κ3) is 5.57. The van der Waals surface area contributed by atoms with Gasteiger partial charge in [-0.3, -0.25) is 9.59 Å². The van der Waals surface area contributed by atoms with E-state index in [1.54, 1.807) is 0 Å². The van der Waals surface area contributed by atoms with E-state index in [4.69, 9.17) is 5.73 Å². The maximum absolute atomic E-state index is 15.8. The van der Waals surface area contributed by atoms with Gasteiger partial charge in [0.05, 0.1) is 35.8 Å². The van der Waals surface area contributed by atoms with Gasteiger partial charge in [0.2, 0.25) is 5.91 Å².